The third kappa shape index (κ3) is 2.82. The van der Waals surface area contributed by atoms with E-state index in [9.17, 15) is 14.7 Å². The quantitative estimate of drug-likeness (QED) is 0.688. The largest absolute Gasteiger partial charge is 0.478 e. The maximum Gasteiger partial charge on any atom is 0.335 e. The molecule has 0 bridgehead atoms. The van der Waals surface area contributed by atoms with Gasteiger partial charge in [-0.25, -0.2) is 4.79 Å². The lowest BCUT2D eigenvalue weighted by atomic mass is 10.0. The van der Waals surface area contributed by atoms with Crippen molar-refractivity contribution in [2.45, 2.75) is 13.0 Å². The van der Waals surface area contributed by atoms with Crippen molar-refractivity contribution in [3.63, 3.8) is 0 Å². The van der Waals surface area contributed by atoms with Gasteiger partial charge in [0.25, 0.3) is 5.91 Å². The van der Waals surface area contributed by atoms with E-state index in [1.54, 1.807) is 24.3 Å². The van der Waals surface area contributed by atoms with Crippen LogP contribution in [0.4, 0.5) is 0 Å². The zero-order valence-corrected chi connectivity index (χ0v) is 14.8. The Labute approximate surface area is 152 Å². The number of nitrogens with one attached hydrogen (secondary N) is 1. The van der Waals surface area contributed by atoms with Gasteiger partial charge in [-0.2, -0.15) is 0 Å². The van der Waals surface area contributed by atoms with Crippen molar-refractivity contribution in [2.24, 2.45) is 0 Å². The number of halogens is 1. The molecule has 4 rings (SSSR count). The summed E-state index contributed by atoms with van der Waals surface area (Å²) >= 11 is 3.40. The monoisotopic (exact) mass is 398 g/mol. The van der Waals surface area contributed by atoms with E-state index >= 15 is 0 Å². The molecule has 0 aliphatic carbocycles. The van der Waals surface area contributed by atoms with Gasteiger partial charge in [-0.15, -0.1) is 0 Å². The molecule has 2 heterocycles. The highest BCUT2D eigenvalue weighted by molar-refractivity contribution is 9.10. The van der Waals surface area contributed by atoms with Crippen molar-refractivity contribution in [3.8, 4) is 0 Å². The fraction of sp³-hybridized carbons (Fsp3) is 0.158. The minimum atomic E-state index is -0.949. The smallest absolute Gasteiger partial charge is 0.335 e. The number of fused-ring (bicyclic) bond motifs is 3. The highest BCUT2D eigenvalue weighted by atomic mass is 79.9. The normalized spacial score (nSPS) is 13.7. The molecule has 0 spiro atoms. The van der Waals surface area contributed by atoms with Crippen molar-refractivity contribution < 1.29 is 14.7 Å². The van der Waals surface area contributed by atoms with Crippen molar-refractivity contribution in [1.29, 1.82) is 0 Å². The van der Waals surface area contributed by atoms with Gasteiger partial charge in [0.15, 0.2) is 0 Å². The predicted molar refractivity (Wildman–Crippen MR) is 97.8 cm³/mol. The number of nitrogens with zero attached hydrogens (tertiary/aromatic N) is 1. The second-order valence-corrected chi connectivity index (χ2v) is 7.05. The Hall–Kier alpha value is -2.60. The highest BCUT2D eigenvalue weighted by Crippen LogP contribution is 2.29. The topological polar surface area (TPSA) is 73.4 Å². The molecule has 1 aromatic heterocycles. The number of hydrogen-bond donors (Lipinski definition) is 2. The van der Waals surface area contributed by atoms with Crippen LogP contribution in [0.3, 0.4) is 0 Å². The summed E-state index contributed by atoms with van der Waals surface area (Å²) in [6, 6.07) is 12.4. The average molecular weight is 399 g/mol. The van der Waals surface area contributed by atoms with Crippen molar-refractivity contribution >= 4 is 38.7 Å². The SMILES string of the molecule is O=C(O)c1ccc2[nH]c3c(c2c1)CN(C(=O)c1cccc(Br)c1)CC3. The first-order valence-corrected chi connectivity index (χ1v) is 8.74. The number of amides is 1. The van der Waals surface area contributed by atoms with Crippen LogP contribution in [-0.2, 0) is 13.0 Å². The molecule has 0 unspecified atom stereocenters. The zero-order chi connectivity index (χ0) is 17.6. The molecule has 2 aromatic carbocycles. The zero-order valence-electron chi connectivity index (χ0n) is 13.3. The molecular weight excluding hydrogens is 384 g/mol. The van der Waals surface area contributed by atoms with Crippen LogP contribution in [0.1, 0.15) is 32.0 Å². The number of carbonyl (C=O) groups excluding carboxylic acids is 1. The summed E-state index contributed by atoms with van der Waals surface area (Å²) in [7, 11) is 0. The summed E-state index contributed by atoms with van der Waals surface area (Å²) in [5, 5.41) is 10.1. The molecule has 0 saturated heterocycles. The lowest BCUT2D eigenvalue weighted by Crippen LogP contribution is -2.35. The summed E-state index contributed by atoms with van der Waals surface area (Å²) in [6.45, 7) is 1.11. The summed E-state index contributed by atoms with van der Waals surface area (Å²) in [5.41, 5.74) is 3.89. The Morgan fingerprint density at radius 2 is 1.96 bits per heavy atom. The van der Waals surface area contributed by atoms with E-state index in [1.807, 2.05) is 23.1 Å². The fourth-order valence-electron chi connectivity index (χ4n) is 3.32. The van der Waals surface area contributed by atoms with Gasteiger partial charge in [-0.3, -0.25) is 4.79 Å². The van der Waals surface area contributed by atoms with E-state index in [-0.39, 0.29) is 11.5 Å². The molecule has 0 fully saturated rings. The molecule has 0 saturated carbocycles. The van der Waals surface area contributed by atoms with E-state index < -0.39 is 5.97 Å². The van der Waals surface area contributed by atoms with Crippen LogP contribution < -0.4 is 0 Å². The lowest BCUT2D eigenvalue weighted by Gasteiger charge is -2.27. The number of carboxylic acid groups (broad SMARTS) is 1. The Morgan fingerprint density at radius 3 is 2.72 bits per heavy atom. The summed E-state index contributed by atoms with van der Waals surface area (Å²) in [6.07, 6.45) is 0.728. The van der Waals surface area contributed by atoms with E-state index in [1.165, 1.54) is 0 Å². The Morgan fingerprint density at radius 1 is 1.12 bits per heavy atom. The van der Waals surface area contributed by atoms with Gasteiger partial charge in [-0.05, 0) is 36.4 Å². The summed E-state index contributed by atoms with van der Waals surface area (Å²) < 4.78 is 0.870. The lowest BCUT2D eigenvalue weighted by molar-refractivity contribution is 0.0694. The number of aromatic nitrogens is 1. The molecule has 25 heavy (non-hydrogen) atoms. The molecule has 0 radical (unpaired) electrons. The second-order valence-electron chi connectivity index (χ2n) is 6.13. The highest BCUT2D eigenvalue weighted by Gasteiger charge is 2.25. The molecule has 1 aliphatic heterocycles. The molecule has 1 aliphatic rings. The first kappa shape index (κ1) is 15.9. The Bertz CT molecular complexity index is 1010. The first-order chi connectivity index (χ1) is 12.0. The molecule has 3 aromatic rings. The number of hydrogen-bond acceptors (Lipinski definition) is 2. The number of H-pyrrole nitrogens is 1. The van der Waals surface area contributed by atoms with E-state index in [4.69, 9.17) is 0 Å². The minimum absolute atomic E-state index is 0.0179. The molecule has 126 valence electrons. The third-order valence-corrected chi connectivity index (χ3v) is 5.07. The van der Waals surface area contributed by atoms with Gasteiger partial charge >= 0.3 is 5.97 Å². The van der Waals surface area contributed by atoms with Gasteiger partial charge in [-0.1, -0.05) is 22.0 Å². The molecule has 1 amide bonds. The summed E-state index contributed by atoms with van der Waals surface area (Å²) in [5.74, 6) is -0.967. The maximum absolute atomic E-state index is 12.8. The molecule has 2 N–H and O–H groups in total. The van der Waals surface area contributed by atoms with Gasteiger partial charge in [0.2, 0.25) is 0 Å². The van der Waals surface area contributed by atoms with Gasteiger partial charge < -0.3 is 15.0 Å². The number of carboxylic acids is 1. The third-order valence-electron chi connectivity index (χ3n) is 4.58. The maximum atomic E-state index is 12.8. The molecule has 0 atom stereocenters. The van der Waals surface area contributed by atoms with Crippen molar-refractivity contribution in [1.82, 2.24) is 9.88 Å². The van der Waals surface area contributed by atoms with E-state index in [0.29, 0.717) is 18.7 Å². The first-order valence-electron chi connectivity index (χ1n) is 7.94. The number of carbonyl (C=O) groups is 2. The van der Waals surface area contributed by atoms with E-state index in [0.717, 1.165) is 33.1 Å². The number of benzene rings is 2. The fourth-order valence-corrected chi connectivity index (χ4v) is 3.72. The number of rotatable bonds is 2. The molecule has 6 heteroatoms. The second kappa shape index (κ2) is 6.04. The van der Waals surface area contributed by atoms with E-state index in [2.05, 4.69) is 20.9 Å². The van der Waals surface area contributed by atoms with Gasteiger partial charge in [0.1, 0.15) is 0 Å². The standard InChI is InChI=1S/C19H15BrN2O3/c20-13-3-1-2-11(8-13)18(23)22-7-6-17-15(10-22)14-9-12(19(24)25)4-5-16(14)21-17/h1-5,8-9,21H,6-7,10H2,(H,24,25). The average Bonchev–Trinajstić information content (AvgIpc) is 2.98. The van der Waals surface area contributed by atoms with Crippen molar-refractivity contribution in [3.05, 3.63) is 69.3 Å². The summed E-state index contributed by atoms with van der Waals surface area (Å²) in [4.78, 5) is 29.2. The number of aromatic amines is 1. The minimum Gasteiger partial charge on any atom is -0.478 e. The molecule has 5 nitrogen and oxygen atoms in total. The molecular formula is C19H15BrN2O3. The Kier molecular flexibility index (Phi) is 3.84. The van der Waals surface area contributed by atoms with Crippen LogP contribution in [0.25, 0.3) is 10.9 Å². The van der Waals surface area contributed by atoms with Crippen LogP contribution in [0.15, 0.2) is 46.9 Å². The van der Waals surface area contributed by atoms with Crippen LogP contribution in [0.5, 0.6) is 0 Å². The van der Waals surface area contributed by atoms with Crippen LogP contribution in [0.2, 0.25) is 0 Å². The van der Waals surface area contributed by atoms with Crippen LogP contribution in [-0.4, -0.2) is 33.4 Å². The predicted octanol–water partition coefficient (Wildman–Crippen LogP) is 3.83. The van der Waals surface area contributed by atoms with Crippen LogP contribution >= 0.6 is 15.9 Å². The van der Waals surface area contributed by atoms with Gasteiger partial charge in [0.05, 0.1) is 5.56 Å². The Balaban J connectivity index is 1.70. The van der Waals surface area contributed by atoms with Crippen molar-refractivity contribution in [2.75, 3.05) is 6.54 Å². The van der Waals surface area contributed by atoms with Gasteiger partial charge in [0, 0.05) is 51.7 Å². The number of aromatic carboxylic acids is 1. The van der Waals surface area contributed by atoms with Crippen LogP contribution in [0, 0.1) is 0 Å².